The van der Waals surface area contributed by atoms with Crippen LogP contribution in [0, 0.1) is 5.82 Å². The third kappa shape index (κ3) is 1.85. The summed E-state index contributed by atoms with van der Waals surface area (Å²) in [5, 5.41) is 0. The predicted octanol–water partition coefficient (Wildman–Crippen LogP) is 1.52. The molecule has 0 aromatic carbocycles. The van der Waals surface area contributed by atoms with Crippen LogP contribution < -0.4 is 5.46 Å². The highest BCUT2D eigenvalue weighted by Gasteiger charge is 2.51. The summed E-state index contributed by atoms with van der Waals surface area (Å²) in [5.74, 6) is -1.07. The van der Waals surface area contributed by atoms with Crippen LogP contribution in [0.2, 0.25) is 0 Å². The van der Waals surface area contributed by atoms with Gasteiger partial charge in [0.1, 0.15) is 5.82 Å². The van der Waals surface area contributed by atoms with E-state index in [1.807, 2.05) is 27.7 Å². The van der Waals surface area contributed by atoms with Crippen LogP contribution in [0.15, 0.2) is 18.4 Å². The fourth-order valence-electron chi connectivity index (χ4n) is 1.38. The number of halogens is 1. The van der Waals surface area contributed by atoms with Gasteiger partial charge in [-0.15, -0.1) is 0 Å². The summed E-state index contributed by atoms with van der Waals surface area (Å²) in [6.45, 7) is 7.29. The Hall–Kier alpha value is -0.935. The molecule has 1 aromatic heterocycles. The van der Waals surface area contributed by atoms with Crippen molar-refractivity contribution in [2.75, 3.05) is 0 Å². The van der Waals surface area contributed by atoms with Crippen molar-refractivity contribution >= 4 is 12.6 Å². The molecule has 1 saturated heterocycles. The van der Waals surface area contributed by atoms with E-state index in [2.05, 4.69) is 4.98 Å². The van der Waals surface area contributed by atoms with Crippen molar-refractivity contribution in [3.63, 3.8) is 0 Å². The lowest BCUT2D eigenvalue weighted by molar-refractivity contribution is 0.00578. The van der Waals surface area contributed by atoms with Crippen molar-refractivity contribution in [2.24, 2.45) is 0 Å². The van der Waals surface area contributed by atoms with Crippen LogP contribution in [0.1, 0.15) is 31.8 Å². The molecule has 0 radical (unpaired) electrons. The Morgan fingerprint density at radius 1 is 1.25 bits per heavy atom. The maximum Gasteiger partial charge on any atom is 0.496 e. The van der Waals surface area contributed by atoms with Crippen molar-refractivity contribution in [1.29, 1.82) is 0 Å². The van der Waals surface area contributed by atoms with Gasteiger partial charge in [-0.05, 0) is 33.7 Å². The van der Waals surface area contributed by atoms with Crippen LogP contribution in [0.25, 0.3) is 0 Å². The van der Waals surface area contributed by atoms with Crippen LogP contribution in [0.4, 0.5) is 4.39 Å². The minimum atomic E-state index is -1.07. The lowest BCUT2D eigenvalue weighted by atomic mass is 9.80. The number of pyridine rings is 1. The van der Waals surface area contributed by atoms with Gasteiger partial charge in [0.2, 0.25) is 0 Å². The van der Waals surface area contributed by atoms with E-state index in [-0.39, 0.29) is 11.6 Å². The van der Waals surface area contributed by atoms with E-state index in [4.69, 9.17) is 13.4 Å². The lowest BCUT2D eigenvalue weighted by Crippen LogP contribution is -2.41. The topological polar surface area (TPSA) is 31.4 Å². The predicted molar refractivity (Wildman–Crippen MR) is 59.9 cm³/mol. The van der Waals surface area contributed by atoms with Gasteiger partial charge >= 0.3 is 7.12 Å². The molecular weight excluding hydrogens is 208 g/mol. The molecule has 0 atom stereocenters. The van der Waals surface area contributed by atoms with E-state index >= 15 is 0 Å². The molecule has 0 amide bonds. The molecule has 0 saturated carbocycles. The minimum absolute atomic E-state index is 0.0767. The van der Waals surface area contributed by atoms with Crippen molar-refractivity contribution in [3.05, 3.63) is 24.2 Å². The number of rotatable bonds is 1. The Kier molecular flexibility index (Phi) is 1.81. The second-order valence-corrected chi connectivity index (χ2v) is 4.78. The van der Waals surface area contributed by atoms with E-state index in [9.17, 15) is 4.39 Å². The van der Waals surface area contributed by atoms with Crippen molar-refractivity contribution in [2.45, 2.75) is 38.9 Å². The van der Waals surface area contributed by atoms with Crippen molar-refractivity contribution in [1.82, 2.24) is 4.98 Å². The number of aromatic nitrogens is 1. The van der Waals surface area contributed by atoms with Gasteiger partial charge in [0.05, 0.1) is 21.5 Å². The zero-order valence-corrected chi connectivity index (χ0v) is 9.72. The Balaban J connectivity index is 2.49. The van der Waals surface area contributed by atoms with Gasteiger partial charge in [0.25, 0.3) is 0 Å². The van der Waals surface area contributed by atoms with Crippen molar-refractivity contribution in [3.8, 4) is 0 Å². The van der Waals surface area contributed by atoms with Gasteiger partial charge in [-0.3, -0.25) is 4.98 Å². The summed E-state index contributed by atoms with van der Waals surface area (Å²) in [4.78, 5) is 3.45. The largest absolute Gasteiger partial charge is 0.496 e. The molecule has 16 heavy (non-hydrogen) atoms. The first-order chi connectivity index (χ1) is 8.57. The summed E-state index contributed by atoms with van der Waals surface area (Å²) in [5.41, 5.74) is -1.37. The quantitative estimate of drug-likeness (QED) is 0.680. The minimum Gasteiger partial charge on any atom is -0.399 e. The highest BCUT2D eigenvalue weighted by atomic mass is 19.1. The summed E-state index contributed by atoms with van der Waals surface area (Å²) in [7, 11) is -1.02. The highest BCUT2D eigenvalue weighted by molar-refractivity contribution is 6.62. The van der Waals surface area contributed by atoms with Gasteiger partial charge in [0, 0.05) is 11.6 Å². The smallest absolute Gasteiger partial charge is 0.399 e. The number of nitrogens with zero attached hydrogens (tertiary/aromatic N) is 1. The van der Waals surface area contributed by atoms with Gasteiger partial charge in [-0.1, -0.05) is 0 Å². The molecule has 5 heteroatoms. The molecule has 0 N–H and O–H groups in total. The normalized spacial score (nSPS) is 25.1. The van der Waals surface area contributed by atoms with E-state index < -0.39 is 36.4 Å². The summed E-state index contributed by atoms with van der Waals surface area (Å²) >= 11 is 0. The van der Waals surface area contributed by atoms with Gasteiger partial charge < -0.3 is 9.31 Å². The average molecular weight is 226 g/mol. The lowest BCUT2D eigenvalue weighted by Gasteiger charge is -2.32. The molecule has 0 aliphatic carbocycles. The maximum atomic E-state index is 13.6. The second kappa shape index (κ2) is 3.53. The van der Waals surface area contributed by atoms with E-state index in [1.54, 1.807) is 0 Å². The molecule has 2 rings (SSSR count). The molecule has 1 aromatic rings. The Morgan fingerprint density at radius 2 is 1.81 bits per heavy atom. The van der Waals surface area contributed by atoms with Crippen LogP contribution in [-0.4, -0.2) is 23.3 Å². The van der Waals surface area contributed by atoms with Crippen LogP contribution in [0.5, 0.6) is 0 Å². The molecular formula is C11H15BFNO2. The van der Waals surface area contributed by atoms with Gasteiger partial charge in [-0.25, -0.2) is 4.39 Å². The SMILES string of the molecule is [2H]c1nc([2H])c(B2OC(C)(C)C(C)(C)O2)c([2H])c1F. The zero-order chi connectivity index (χ0) is 14.6. The van der Waals surface area contributed by atoms with Crippen molar-refractivity contribution < 1.29 is 17.8 Å². The molecule has 1 aliphatic rings. The molecule has 3 nitrogen and oxygen atoms in total. The fourth-order valence-corrected chi connectivity index (χ4v) is 1.38. The highest BCUT2D eigenvalue weighted by Crippen LogP contribution is 2.36. The molecule has 1 aliphatic heterocycles. The second-order valence-electron chi connectivity index (χ2n) is 4.78. The Bertz CT molecular complexity index is 523. The third-order valence-corrected chi connectivity index (χ3v) is 3.06. The first-order valence-corrected chi connectivity index (χ1v) is 5.05. The van der Waals surface area contributed by atoms with Gasteiger partial charge in [0.15, 0.2) is 0 Å². The summed E-state index contributed by atoms with van der Waals surface area (Å²) in [6, 6.07) is -0.566. The summed E-state index contributed by atoms with van der Waals surface area (Å²) < 4.78 is 47.5. The van der Waals surface area contributed by atoms with Gasteiger partial charge in [-0.2, -0.15) is 0 Å². The first-order valence-electron chi connectivity index (χ1n) is 6.55. The summed E-state index contributed by atoms with van der Waals surface area (Å²) in [6.07, 6.45) is -1.08. The number of hydrogen-bond donors (Lipinski definition) is 0. The maximum absolute atomic E-state index is 13.6. The van der Waals surface area contributed by atoms with E-state index in [0.717, 1.165) is 0 Å². The first kappa shape index (κ1) is 8.20. The standard InChI is InChI=1S/C11H15BFNO2/c1-10(2)11(3,4)16-12(15-10)8-5-9(13)7-14-6-8/h5-7H,1-4H3/i5D,6D,7D. The molecule has 86 valence electrons. The van der Waals surface area contributed by atoms with Crippen LogP contribution in [0.3, 0.4) is 0 Å². The van der Waals surface area contributed by atoms with Crippen LogP contribution >= 0.6 is 0 Å². The molecule has 0 spiro atoms. The fraction of sp³-hybridized carbons (Fsp3) is 0.545. The molecule has 1 fully saturated rings. The Morgan fingerprint density at radius 3 is 2.38 bits per heavy atom. The molecule has 2 heterocycles. The zero-order valence-electron chi connectivity index (χ0n) is 12.7. The third-order valence-electron chi connectivity index (χ3n) is 3.06. The molecule has 0 bridgehead atoms. The Labute approximate surface area is 99.3 Å². The average Bonchev–Trinajstić information content (AvgIpc) is 2.44. The number of hydrogen-bond acceptors (Lipinski definition) is 3. The van der Waals surface area contributed by atoms with E-state index in [1.165, 1.54) is 0 Å². The van der Waals surface area contributed by atoms with Crippen LogP contribution in [-0.2, 0) is 9.31 Å². The molecule has 0 unspecified atom stereocenters. The van der Waals surface area contributed by atoms with E-state index in [0.29, 0.717) is 0 Å². The monoisotopic (exact) mass is 226 g/mol.